The van der Waals surface area contributed by atoms with Gasteiger partial charge in [0.1, 0.15) is 12.4 Å². The molecule has 2 aliphatic heterocycles. The van der Waals surface area contributed by atoms with Crippen molar-refractivity contribution in [3.63, 3.8) is 0 Å². The highest BCUT2D eigenvalue weighted by molar-refractivity contribution is 8.18. The van der Waals surface area contributed by atoms with Crippen LogP contribution in [-0.4, -0.2) is 33.6 Å². The Morgan fingerprint density at radius 3 is 2.58 bits per heavy atom. The lowest BCUT2D eigenvalue weighted by Gasteiger charge is -2.24. The summed E-state index contributed by atoms with van der Waals surface area (Å²) in [5.41, 5.74) is 3.00. The number of carbonyl (C=O) groups excluding carboxylic acids is 1. The third kappa shape index (κ3) is 5.96. The maximum Gasteiger partial charge on any atom is 0.283 e. The average molecular weight is 563 g/mol. The van der Waals surface area contributed by atoms with Gasteiger partial charge in [-0.2, -0.15) is 9.39 Å². The number of amides is 1. The fourth-order valence-electron chi connectivity index (χ4n) is 3.73. The summed E-state index contributed by atoms with van der Waals surface area (Å²) < 4.78 is 16.2. The molecule has 1 N–H and O–H groups in total. The van der Waals surface area contributed by atoms with E-state index >= 15 is 0 Å². The van der Waals surface area contributed by atoms with E-state index in [2.05, 4.69) is 9.39 Å². The van der Waals surface area contributed by atoms with Crippen LogP contribution in [0.1, 0.15) is 23.6 Å². The summed E-state index contributed by atoms with van der Waals surface area (Å²) in [7, 11) is 0. The maximum atomic E-state index is 12.8. The summed E-state index contributed by atoms with van der Waals surface area (Å²) in [6.45, 7) is 2.70. The number of ether oxygens (including phenoxy) is 2. The van der Waals surface area contributed by atoms with Gasteiger partial charge in [0.15, 0.2) is 16.7 Å². The normalized spacial score (nSPS) is 15.8. The lowest BCUT2D eigenvalue weighted by molar-refractivity contribution is -0.114. The Morgan fingerprint density at radius 2 is 1.82 bits per heavy atom. The zero-order valence-corrected chi connectivity index (χ0v) is 22.8. The van der Waals surface area contributed by atoms with Gasteiger partial charge in [-0.15, -0.1) is 0 Å². The average Bonchev–Trinajstić information content (AvgIpc) is 3.33. The van der Waals surface area contributed by atoms with E-state index < -0.39 is 5.91 Å². The lowest BCUT2D eigenvalue weighted by atomic mass is 10.1. The van der Waals surface area contributed by atoms with Crippen LogP contribution in [0.25, 0.3) is 6.08 Å². The van der Waals surface area contributed by atoms with E-state index in [4.69, 9.17) is 26.5 Å². The third-order valence-electron chi connectivity index (χ3n) is 5.59. The Bertz CT molecular complexity index is 1460. The van der Waals surface area contributed by atoms with Crippen molar-refractivity contribution >= 4 is 63.5 Å². The van der Waals surface area contributed by atoms with Crippen molar-refractivity contribution in [1.82, 2.24) is 4.90 Å². The van der Waals surface area contributed by atoms with Crippen LogP contribution in [0.2, 0.25) is 5.02 Å². The zero-order valence-electron chi connectivity index (χ0n) is 20.4. The highest BCUT2D eigenvalue weighted by Gasteiger charge is 2.37. The largest absolute Gasteiger partial charge is 0.490 e. The van der Waals surface area contributed by atoms with Gasteiger partial charge in [-0.25, -0.2) is 4.90 Å². The molecule has 0 fully saturated rings. The van der Waals surface area contributed by atoms with Gasteiger partial charge in [0, 0.05) is 10.8 Å². The molecule has 0 unspecified atom stereocenters. The van der Waals surface area contributed by atoms with Crippen LogP contribution in [0.4, 0.5) is 0 Å². The van der Waals surface area contributed by atoms with E-state index in [1.807, 2.05) is 67.6 Å². The fraction of sp³-hybridized carbons (Fsp3) is 0.143. The van der Waals surface area contributed by atoms with Gasteiger partial charge < -0.3 is 9.47 Å². The van der Waals surface area contributed by atoms with Crippen LogP contribution in [-0.2, 0) is 17.2 Å². The monoisotopic (exact) mass is 562 g/mol. The van der Waals surface area contributed by atoms with Gasteiger partial charge in [0.25, 0.3) is 5.91 Å². The molecule has 0 aliphatic carbocycles. The first kappa shape index (κ1) is 26.1. The second kappa shape index (κ2) is 11.9. The predicted octanol–water partition coefficient (Wildman–Crippen LogP) is 6.83. The summed E-state index contributed by atoms with van der Waals surface area (Å²) in [5, 5.41) is 10.5. The number of rotatable bonds is 8. The van der Waals surface area contributed by atoms with Gasteiger partial charge in [0.2, 0.25) is 5.17 Å². The standard InChI is InChI=1S/C28H23ClN4O3S2/c1-2-35-24-15-20(10-13-23(24)36-16-18-8-11-21(29)12-9-18)14-22-25(30)33-27(31-26(22)34)38-32-28(33)37-17-19-6-4-3-5-7-19/h3-15,30H,2,16-17H2,1H3. The quantitative estimate of drug-likeness (QED) is 0.239. The zero-order chi connectivity index (χ0) is 26.5. The molecule has 5 rings (SSSR count). The minimum Gasteiger partial charge on any atom is -0.490 e. The van der Waals surface area contributed by atoms with E-state index in [1.165, 1.54) is 11.8 Å². The van der Waals surface area contributed by atoms with Gasteiger partial charge in [-0.05, 0) is 54.0 Å². The van der Waals surface area contributed by atoms with Crippen molar-refractivity contribution in [3.05, 3.63) is 100 Å². The summed E-state index contributed by atoms with van der Waals surface area (Å²) >= 11 is 8.58. The van der Waals surface area contributed by atoms with Crippen molar-refractivity contribution in [2.24, 2.45) is 9.39 Å². The Kier molecular flexibility index (Phi) is 8.17. The number of amidine groups is 3. The highest BCUT2D eigenvalue weighted by Crippen LogP contribution is 2.34. The minimum absolute atomic E-state index is 0.0466. The topological polar surface area (TPSA) is 87.3 Å². The number of benzene rings is 3. The molecule has 0 saturated carbocycles. The number of carbonyl (C=O) groups is 1. The fourth-order valence-corrected chi connectivity index (χ4v) is 5.65. The first-order valence-electron chi connectivity index (χ1n) is 11.8. The highest BCUT2D eigenvalue weighted by atomic mass is 35.5. The van der Waals surface area contributed by atoms with E-state index in [0.29, 0.717) is 51.4 Å². The number of hydrogen-bond acceptors (Lipinski definition) is 7. The summed E-state index contributed by atoms with van der Waals surface area (Å²) in [5.74, 6) is 1.40. The van der Waals surface area contributed by atoms with E-state index in [9.17, 15) is 4.79 Å². The van der Waals surface area contributed by atoms with E-state index in [1.54, 1.807) is 23.1 Å². The van der Waals surface area contributed by atoms with E-state index in [0.717, 1.165) is 23.1 Å². The number of halogens is 1. The number of nitrogens with zero attached hydrogens (tertiary/aromatic N) is 3. The van der Waals surface area contributed by atoms with Crippen LogP contribution >= 0.6 is 35.3 Å². The molecular weight excluding hydrogens is 540 g/mol. The number of nitrogens with one attached hydrogen (secondary N) is 1. The van der Waals surface area contributed by atoms with Crippen LogP contribution < -0.4 is 9.47 Å². The van der Waals surface area contributed by atoms with Gasteiger partial charge in [-0.3, -0.25) is 10.2 Å². The van der Waals surface area contributed by atoms with Crippen LogP contribution in [0.15, 0.2) is 87.8 Å². The first-order chi connectivity index (χ1) is 18.5. The molecule has 2 aliphatic rings. The Morgan fingerprint density at radius 1 is 1.03 bits per heavy atom. The van der Waals surface area contributed by atoms with Crippen LogP contribution in [0.5, 0.6) is 11.5 Å². The Labute approximate surface area is 234 Å². The summed E-state index contributed by atoms with van der Waals surface area (Å²) in [6.07, 6.45) is 1.65. The molecule has 0 spiro atoms. The molecule has 3 aromatic rings. The van der Waals surface area contributed by atoms with Gasteiger partial charge in [0.05, 0.1) is 24.1 Å². The smallest absolute Gasteiger partial charge is 0.283 e. The number of hydrogen-bond donors (Lipinski definition) is 1. The molecule has 0 atom stereocenters. The van der Waals surface area contributed by atoms with Crippen LogP contribution in [0, 0.1) is 5.41 Å². The second-order valence-electron chi connectivity index (χ2n) is 8.24. The number of thioether (sulfide) groups is 1. The Hall–Kier alpha value is -3.53. The van der Waals surface area contributed by atoms with E-state index in [-0.39, 0.29) is 11.4 Å². The molecule has 0 radical (unpaired) electrons. The maximum absolute atomic E-state index is 12.8. The van der Waals surface area contributed by atoms with Crippen LogP contribution in [0.3, 0.4) is 0 Å². The Balaban J connectivity index is 1.34. The first-order valence-corrected chi connectivity index (χ1v) is 13.9. The molecule has 1 amide bonds. The van der Waals surface area contributed by atoms with Crippen molar-refractivity contribution in [3.8, 4) is 11.5 Å². The van der Waals surface area contributed by atoms with Gasteiger partial charge in [-0.1, -0.05) is 71.9 Å². The van der Waals surface area contributed by atoms with Gasteiger partial charge >= 0.3 is 0 Å². The van der Waals surface area contributed by atoms with Crippen molar-refractivity contribution in [2.45, 2.75) is 19.3 Å². The molecule has 2 heterocycles. The lowest BCUT2D eigenvalue weighted by Crippen LogP contribution is -2.41. The molecular formula is C28H23ClN4O3S2. The predicted molar refractivity (Wildman–Crippen MR) is 156 cm³/mol. The van der Waals surface area contributed by atoms with Crippen molar-refractivity contribution < 1.29 is 14.3 Å². The number of aliphatic imine (C=N–C) groups is 1. The SMILES string of the molecule is CCOc1cc(C=C2C(=N)N3C(SCc4ccccc4)=NSC3=NC2=O)ccc1OCc1ccc(Cl)cc1. The van der Waals surface area contributed by atoms with Crippen molar-refractivity contribution in [1.29, 1.82) is 5.41 Å². The molecule has 7 nitrogen and oxygen atoms in total. The molecule has 192 valence electrons. The molecule has 0 aromatic heterocycles. The van der Waals surface area contributed by atoms with Crippen molar-refractivity contribution in [2.75, 3.05) is 6.61 Å². The molecule has 38 heavy (non-hydrogen) atoms. The summed E-state index contributed by atoms with van der Waals surface area (Å²) in [4.78, 5) is 18.6. The molecule has 0 bridgehead atoms. The minimum atomic E-state index is -0.473. The number of fused-ring (bicyclic) bond motifs is 1. The molecule has 0 saturated heterocycles. The summed E-state index contributed by atoms with van der Waals surface area (Å²) in [6, 6.07) is 22.9. The third-order valence-corrected chi connectivity index (χ3v) is 7.67. The molecule has 10 heteroatoms. The molecule has 3 aromatic carbocycles. The second-order valence-corrected chi connectivity index (χ2v) is 10.3.